The van der Waals surface area contributed by atoms with Gasteiger partial charge in [-0.05, 0) is 110 Å². The molecule has 5 heterocycles. The fourth-order valence-electron chi connectivity index (χ4n) is 8.30. The second-order valence-corrected chi connectivity index (χ2v) is 16.4. The predicted octanol–water partition coefficient (Wildman–Crippen LogP) is 4.52. The van der Waals surface area contributed by atoms with E-state index in [1.165, 1.54) is 21.2 Å². The van der Waals surface area contributed by atoms with Crippen molar-refractivity contribution >= 4 is 23.9 Å². The van der Waals surface area contributed by atoms with Gasteiger partial charge in [-0.25, -0.2) is 33.1 Å². The second-order valence-electron chi connectivity index (χ2n) is 16.4. The molecular formula is C40H48N6O9. The van der Waals surface area contributed by atoms with Crippen LogP contribution in [0.4, 0.5) is 9.59 Å². The van der Waals surface area contributed by atoms with Gasteiger partial charge >= 0.3 is 23.6 Å². The van der Waals surface area contributed by atoms with Gasteiger partial charge in [-0.15, -0.1) is 0 Å². The zero-order chi connectivity index (χ0) is 39.7. The average Bonchev–Trinajstić information content (AvgIpc) is 3.69. The number of benzene rings is 2. The normalized spacial score (nSPS) is 22.8. The number of carbonyl (C=O) groups excluding carboxylic acids is 4. The summed E-state index contributed by atoms with van der Waals surface area (Å²) < 4.78 is 21.9. The SMILES string of the molecule is CC(=O)c1ccc(-n2c(=O)n3n(c2=O)C2C(=CC3)C(C)(C)Oc3cc(OC(=O)N4C(C)CN(C(=O)[C@@H]5CCCN5C(=O)OC(C)(C)C)CC4C)ccc32)cc1. The molecule has 0 radical (unpaired) electrons. The van der Waals surface area contributed by atoms with Crippen LogP contribution in [0.25, 0.3) is 5.69 Å². The number of allylic oxidation sites excluding steroid dienone is 1. The number of aromatic nitrogens is 3. The van der Waals surface area contributed by atoms with E-state index < -0.39 is 46.9 Å². The number of hydrogen-bond acceptors (Lipinski definition) is 9. The monoisotopic (exact) mass is 756 g/mol. The fraction of sp³-hybridized carbons (Fsp3) is 0.500. The van der Waals surface area contributed by atoms with Crippen LogP contribution in [0.5, 0.6) is 11.5 Å². The van der Waals surface area contributed by atoms with Gasteiger partial charge in [-0.1, -0.05) is 6.08 Å². The highest BCUT2D eigenvalue weighted by molar-refractivity contribution is 5.94. The maximum atomic E-state index is 14.1. The van der Waals surface area contributed by atoms with Crippen LogP contribution < -0.4 is 20.9 Å². The van der Waals surface area contributed by atoms with Gasteiger partial charge in [-0.2, -0.15) is 0 Å². The first-order valence-electron chi connectivity index (χ1n) is 18.7. The van der Waals surface area contributed by atoms with Gasteiger partial charge in [-0.3, -0.25) is 19.4 Å². The Labute approximate surface area is 318 Å². The maximum Gasteiger partial charge on any atom is 0.415 e. The molecule has 3 unspecified atom stereocenters. The Balaban J connectivity index is 1.10. The van der Waals surface area contributed by atoms with E-state index in [-0.39, 0.29) is 49.2 Å². The van der Waals surface area contributed by atoms with Crippen LogP contribution in [-0.2, 0) is 16.1 Å². The lowest BCUT2D eigenvalue weighted by Crippen LogP contribution is -2.62. The average molecular weight is 757 g/mol. The van der Waals surface area contributed by atoms with E-state index in [0.29, 0.717) is 42.0 Å². The summed E-state index contributed by atoms with van der Waals surface area (Å²) in [6, 6.07) is 9.27. The van der Waals surface area contributed by atoms with Gasteiger partial charge in [0.05, 0.1) is 24.3 Å². The molecule has 0 N–H and O–H groups in total. The molecule has 7 rings (SSSR count). The number of nitrogens with zero attached hydrogens (tertiary/aromatic N) is 6. The van der Waals surface area contributed by atoms with Crippen molar-refractivity contribution in [2.24, 2.45) is 0 Å². The van der Waals surface area contributed by atoms with Crippen molar-refractivity contribution in [3.8, 4) is 17.2 Å². The van der Waals surface area contributed by atoms with Gasteiger partial charge in [0, 0.05) is 36.8 Å². The number of piperazine rings is 1. The molecule has 4 aliphatic rings. The Hall–Kier alpha value is -5.60. The molecule has 0 bridgehead atoms. The largest absolute Gasteiger partial charge is 0.483 e. The lowest BCUT2D eigenvalue weighted by atomic mass is 9.83. The third-order valence-corrected chi connectivity index (χ3v) is 10.8. The smallest absolute Gasteiger partial charge is 0.415 e. The van der Waals surface area contributed by atoms with Crippen LogP contribution >= 0.6 is 0 Å². The van der Waals surface area contributed by atoms with Gasteiger partial charge in [0.25, 0.3) is 0 Å². The minimum absolute atomic E-state index is 0.126. The molecule has 0 saturated carbocycles. The van der Waals surface area contributed by atoms with Crippen LogP contribution in [0.1, 0.15) is 90.2 Å². The zero-order valence-electron chi connectivity index (χ0n) is 32.5. The molecule has 3 aromatic rings. The minimum Gasteiger partial charge on any atom is -0.483 e. The van der Waals surface area contributed by atoms with Gasteiger partial charge in [0.15, 0.2) is 5.78 Å². The van der Waals surface area contributed by atoms with Crippen LogP contribution in [0.3, 0.4) is 0 Å². The highest BCUT2D eigenvalue weighted by Gasteiger charge is 2.45. The summed E-state index contributed by atoms with van der Waals surface area (Å²) in [4.78, 5) is 84.7. The van der Waals surface area contributed by atoms with Crippen LogP contribution in [0.15, 0.2) is 63.7 Å². The first-order valence-corrected chi connectivity index (χ1v) is 18.7. The number of Topliss-reactive ketones (excluding diaryl/α,β-unsaturated/α-hetero) is 1. The maximum absolute atomic E-state index is 14.1. The second kappa shape index (κ2) is 13.6. The lowest BCUT2D eigenvalue weighted by Gasteiger charge is -2.44. The van der Waals surface area contributed by atoms with Crippen molar-refractivity contribution in [3.63, 3.8) is 0 Å². The van der Waals surface area contributed by atoms with Gasteiger partial charge < -0.3 is 19.1 Å². The van der Waals surface area contributed by atoms with Crippen LogP contribution in [0, 0.1) is 0 Å². The van der Waals surface area contributed by atoms with Crippen molar-refractivity contribution in [2.45, 2.75) is 110 Å². The topological polar surface area (TPSA) is 155 Å². The molecule has 0 spiro atoms. The van der Waals surface area contributed by atoms with E-state index >= 15 is 0 Å². The molecule has 55 heavy (non-hydrogen) atoms. The summed E-state index contributed by atoms with van der Waals surface area (Å²) in [7, 11) is 0. The van der Waals surface area contributed by atoms with Crippen molar-refractivity contribution in [2.75, 3.05) is 19.6 Å². The van der Waals surface area contributed by atoms with E-state index in [4.69, 9.17) is 14.2 Å². The van der Waals surface area contributed by atoms with Crippen LogP contribution in [-0.4, -0.2) is 101 Å². The van der Waals surface area contributed by atoms with Crippen molar-refractivity contribution in [3.05, 3.63) is 86.2 Å². The number of likely N-dealkylation sites (tertiary alicyclic amines) is 1. The molecule has 1 aromatic heterocycles. The molecule has 4 aliphatic heterocycles. The number of hydrogen-bond donors (Lipinski definition) is 0. The Morgan fingerprint density at radius 3 is 2.22 bits per heavy atom. The van der Waals surface area contributed by atoms with E-state index in [1.54, 1.807) is 73.0 Å². The molecule has 4 atom stereocenters. The highest BCUT2D eigenvalue weighted by atomic mass is 16.6. The third kappa shape index (κ3) is 6.73. The lowest BCUT2D eigenvalue weighted by molar-refractivity contribution is -0.139. The number of ketones is 1. The van der Waals surface area contributed by atoms with Crippen molar-refractivity contribution in [1.82, 2.24) is 28.6 Å². The molecule has 2 aromatic carbocycles. The number of ether oxygens (including phenoxy) is 3. The van der Waals surface area contributed by atoms with Crippen molar-refractivity contribution < 1.29 is 33.4 Å². The highest BCUT2D eigenvalue weighted by Crippen LogP contribution is 2.47. The summed E-state index contributed by atoms with van der Waals surface area (Å²) in [5.74, 6) is 0.337. The Morgan fingerprint density at radius 1 is 0.909 bits per heavy atom. The van der Waals surface area contributed by atoms with E-state index in [0.717, 1.165) is 10.1 Å². The molecule has 2 fully saturated rings. The molecule has 0 aliphatic carbocycles. The molecule has 3 amide bonds. The molecule has 15 heteroatoms. The minimum atomic E-state index is -0.878. The number of carbonyl (C=O) groups is 4. The summed E-state index contributed by atoms with van der Waals surface area (Å²) in [5, 5.41) is 0. The van der Waals surface area contributed by atoms with Crippen LogP contribution in [0.2, 0.25) is 0 Å². The fourth-order valence-corrected chi connectivity index (χ4v) is 8.30. The van der Waals surface area contributed by atoms with E-state index in [1.807, 2.05) is 33.8 Å². The summed E-state index contributed by atoms with van der Waals surface area (Å²) in [5.41, 5.74) is -0.375. The number of fused-ring (bicyclic) bond motifs is 5. The van der Waals surface area contributed by atoms with Gasteiger partial charge in [0.2, 0.25) is 5.91 Å². The van der Waals surface area contributed by atoms with Gasteiger partial charge in [0.1, 0.15) is 34.8 Å². The van der Waals surface area contributed by atoms with E-state index in [2.05, 4.69) is 0 Å². The van der Waals surface area contributed by atoms with E-state index in [9.17, 15) is 28.8 Å². The molecule has 2 saturated heterocycles. The molecular weight excluding hydrogens is 708 g/mol. The summed E-state index contributed by atoms with van der Waals surface area (Å²) in [6.07, 6.45) is 2.06. The Kier molecular flexibility index (Phi) is 9.33. The Bertz CT molecular complexity index is 2210. The first-order chi connectivity index (χ1) is 25.9. The van der Waals surface area contributed by atoms with Crippen molar-refractivity contribution in [1.29, 1.82) is 0 Å². The third-order valence-electron chi connectivity index (χ3n) is 10.8. The molecule has 15 nitrogen and oxygen atoms in total. The quantitative estimate of drug-likeness (QED) is 0.276. The summed E-state index contributed by atoms with van der Waals surface area (Å²) in [6.45, 7) is 15.4. The predicted molar refractivity (Wildman–Crippen MR) is 201 cm³/mol. The summed E-state index contributed by atoms with van der Waals surface area (Å²) >= 11 is 0. The first kappa shape index (κ1) is 37.7. The zero-order valence-corrected chi connectivity index (χ0v) is 32.5. The number of rotatable bonds is 4. The number of amides is 3. The molecule has 292 valence electrons. The Morgan fingerprint density at radius 2 is 1.58 bits per heavy atom. The standard InChI is InChI=1S/C40H48N6O9/c1-23-21-41(34(48)31-10-9-18-42(31)37(51)55-39(4,5)6)22-24(2)44(23)38(52)53-28-15-16-29-32(20-28)54-40(7,8)30-17-19-43-35(49)45(36(50)46(43)33(29)30)27-13-11-26(12-14-27)25(3)47/h11-17,20,23-24,31,33H,9-10,18-19,21-22H2,1-8H3/t23?,24?,31-,33?/m0/s1.